The molecule has 1 aromatic carbocycles. The van der Waals surface area contributed by atoms with E-state index in [1.165, 1.54) is 16.8 Å². The molecule has 1 atom stereocenters. The van der Waals surface area contributed by atoms with E-state index in [9.17, 15) is 0 Å². The van der Waals surface area contributed by atoms with Crippen LogP contribution in [-0.4, -0.2) is 16.1 Å². The molecule has 0 saturated heterocycles. The minimum atomic E-state index is 0.178. The first-order valence-corrected chi connectivity index (χ1v) is 5.90. The van der Waals surface area contributed by atoms with Gasteiger partial charge in [0.2, 0.25) is 0 Å². The summed E-state index contributed by atoms with van der Waals surface area (Å²) in [5.74, 6) is 0. The average Bonchev–Trinajstić information content (AvgIpc) is 2.65. The Kier molecular flexibility index (Phi) is 3.29. The summed E-state index contributed by atoms with van der Waals surface area (Å²) in [4.78, 5) is 4.34. The fourth-order valence-electron chi connectivity index (χ4n) is 2.03. The highest BCUT2D eigenvalue weighted by molar-refractivity contribution is 5.26. The van der Waals surface area contributed by atoms with E-state index in [4.69, 9.17) is 5.73 Å². The molecule has 0 saturated carbocycles. The van der Waals surface area contributed by atoms with E-state index in [0.29, 0.717) is 6.54 Å². The number of aromatic nitrogens is 2. The van der Waals surface area contributed by atoms with Gasteiger partial charge in [0.15, 0.2) is 0 Å². The van der Waals surface area contributed by atoms with E-state index in [2.05, 4.69) is 47.7 Å². The molecule has 0 fully saturated rings. The van der Waals surface area contributed by atoms with Gasteiger partial charge in [0.25, 0.3) is 0 Å². The van der Waals surface area contributed by atoms with Crippen LogP contribution in [0.2, 0.25) is 0 Å². The summed E-state index contributed by atoms with van der Waals surface area (Å²) in [7, 11) is 0. The van der Waals surface area contributed by atoms with Gasteiger partial charge in [0.1, 0.15) is 0 Å². The lowest BCUT2D eigenvalue weighted by Crippen LogP contribution is -2.20. The zero-order valence-corrected chi connectivity index (χ0v) is 10.6. The molecule has 1 aromatic heterocycles. The van der Waals surface area contributed by atoms with Crippen molar-refractivity contribution in [3.63, 3.8) is 0 Å². The fraction of sp³-hybridized carbons (Fsp3) is 0.357. The molecular formula is C14H19N3. The number of hydrogen-bond donors (Lipinski definition) is 1. The number of nitrogens with two attached hydrogens (primary N) is 1. The maximum atomic E-state index is 5.90. The molecule has 0 aliphatic heterocycles. The largest absolute Gasteiger partial charge is 0.328 e. The van der Waals surface area contributed by atoms with Crippen molar-refractivity contribution in [2.45, 2.75) is 26.8 Å². The smallest absolute Gasteiger partial charge is 0.0957 e. The van der Waals surface area contributed by atoms with Crippen molar-refractivity contribution in [1.82, 2.24) is 9.55 Å². The Hall–Kier alpha value is -1.61. The molecule has 0 amide bonds. The standard InChI is InChI=1S/C14H19N3/c1-10-4-6-13(7-5-10)14(8-15)17-9-16-11(2)12(17)3/h4-7,9,14H,8,15H2,1-3H3. The summed E-state index contributed by atoms with van der Waals surface area (Å²) in [6.07, 6.45) is 1.88. The number of aryl methyl sites for hydroxylation is 2. The van der Waals surface area contributed by atoms with Crippen LogP contribution in [-0.2, 0) is 0 Å². The summed E-state index contributed by atoms with van der Waals surface area (Å²) < 4.78 is 2.15. The third-order valence-corrected chi connectivity index (χ3v) is 3.31. The molecule has 3 heteroatoms. The van der Waals surface area contributed by atoms with Gasteiger partial charge in [-0.1, -0.05) is 29.8 Å². The van der Waals surface area contributed by atoms with Gasteiger partial charge in [0, 0.05) is 12.2 Å². The third kappa shape index (κ3) is 2.24. The van der Waals surface area contributed by atoms with Gasteiger partial charge in [-0.2, -0.15) is 0 Å². The minimum absolute atomic E-state index is 0.178. The molecule has 90 valence electrons. The van der Waals surface area contributed by atoms with Crippen LogP contribution in [0.3, 0.4) is 0 Å². The van der Waals surface area contributed by atoms with Gasteiger partial charge in [-0.25, -0.2) is 4.98 Å². The Labute approximate surface area is 102 Å². The average molecular weight is 229 g/mol. The van der Waals surface area contributed by atoms with Gasteiger partial charge in [-0.3, -0.25) is 0 Å². The highest BCUT2D eigenvalue weighted by Crippen LogP contribution is 2.20. The second kappa shape index (κ2) is 4.72. The Morgan fingerprint density at radius 2 is 1.82 bits per heavy atom. The first kappa shape index (κ1) is 11.9. The monoisotopic (exact) mass is 229 g/mol. The molecule has 0 spiro atoms. The number of rotatable bonds is 3. The van der Waals surface area contributed by atoms with Crippen molar-refractivity contribution in [3.8, 4) is 0 Å². The predicted molar refractivity (Wildman–Crippen MR) is 70.1 cm³/mol. The van der Waals surface area contributed by atoms with E-state index in [1.807, 2.05) is 13.3 Å². The van der Waals surface area contributed by atoms with E-state index in [1.54, 1.807) is 0 Å². The molecule has 0 aliphatic rings. The molecule has 2 N–H and O–H groups in total. The number of nitrogens with zero attached hydrogens (tertiary/aromatic N) is 2. The molecule has 1 heterocycles. The molecule has 3 nitrogen and oxygen atoms in total. The molecular weight excluding hydrogens is 210 g/mol. The summed E-state index contributed by atoms with van der Waals surface area (Å²) >= 11 is 0. The Balaban J connectivity index is 2.40. The molecule has 0 bridgehead atoms. The minimum Gasteiger partial charge on any atom is -0.328 e. The molecule has 0 radical (unpaired) electrons. The normalized spacial score (nSPS) is 12.7. The summed E-state index contributed by atoms with van der Waals surface area (Å²) in [6, 6.07) is 8.70. The highest BCUT2D eigenvalue weighted by atomic mass is 15.1. The number of benzene rings is 1. The lowest BCUT2D eigenvalue weighted by molar-refractivity contribution is 0.580. The Morgan fingerprint density at radius 1 is 1.18 bits per heavy atom. The first-order valence-electron chi connectivity index (χ1n) is 5.90. The van der Waals surface area contributed by atoms with Crippen LogP contribution in [0.25, 0.3) is 0 Å². The van der Waals surface area contributed by atoms with Crippen LogP contribution >= 0.6 is 0 Å². The van der Waals surface area contributed by atoms with Crippen molar-refractivity contribution in [3.05, 3.63) is 53.1 Å². The van der Waals surface area contributed by atoms with Gasteiger partial charge in [0.05, 0.1) is 18.1 Å². The summed E-state index contributed by atoms with van der Waals surface area (Å²) in [6.45, 7) is 6.78. The highest BCUT2D eigenvalue weighted by Gasteiger charge is 2.14. The van der Waals surface area contributed by atoms with Crippen molar-refractivity contribution in [2.75, 3.05) is 6.54 Å². The lowest BCUT2D eigenvalue weighted by Gasteiger charge is -2.19. The summed E-state index contributed by atoms with van der Waals surface area (Å²) in [5, 5.41) is 0. The van der Waals surface area contributed by atoms with Crippen molar-refractivity contribution in [1.29, 1.82) is 0 Å². The van der Waals surface area contributed by atoms with E-state index >= 15 is 0 Å². The predicted octanol–water partition coefficient (Wildman–Crippen LogP) is 2.36. The first-order chi connectivity index (χ1) is 8.13. The van der Waals surface area contributed by atoms with Crippen LogP contribution in [0.5, 0.6) is 0 Å². The number of hydrogen-bond acceptors (Lipinski definition) is 2. The Morgan fingerprint density at radius 3 is 2.29 bits per heavy atom. The third-order valence-electron chi connectivity index (χ3n) is 3.31. The van der Waals surface area contributed by atoms with Crippen molar-refractivity contribution >= 4 is 0 Å². The lowest BCUT2D eigenvalue weighted by atomic mass is 10.0. The zero-order chi connectivity index (χ0) is 12.4. The van der Waals surface area contributed by atoms with Crippen molar-refractivity contribution < 1.29 is 0 Å². The number of imidazole rings is 1. The SMILES string of the molecule is Cc1ccc(C(CN)n2cnc(C)c2C)cc1. The van der Waals surface area contributed by atoms with Gasteiger partial charge >= 0.3 is 0 Å². The summed E-state index contributed by atoms with van der Waals surface area (Å²) in [5.41, 5.74) is 10.7. The molecule has 17 heavy (non-hydrogen) atoms. The van der Waals surface area contributed by atoms with Crippen LogP contribution in [0, 0.1) is 20.8 Å². The van der Waals surface area contributed by atoms with Crippen LogP contribution < -0.4 is 5.73 Å². The topological polar surface area (TPSA) is 43.8 Å². The molecule has 2 rings (SSSR count). The van der Waals surface area contributed by atoms with Gasteiger partial charge < -0.3 is 10.3 Å². The fourth-order valence-corrected chi connectivity index (χ4v) is 2.03. The second-order valence-electron chi connectivity index (χ2n) is 4.48. The molecule has 0 aliphatic carbocycles. The molecule has 1 unspecified atom stereocenters. The van der Waals surface area contributed by atoms with E-state index in [-0.39, 0.29) is 6.04 Å². The van der Waals surface area contributed by atoms with E-state index in [0.717, 1.165) is 5.69 Å². The van der Waals surface area contributed by atoms with Crippen LogP contribution in [0.4, 0.5) is 0 Å². The van der Waals surface area contributed by atoms with Gasteiger partial charge in [-0.15, -0.1) is 0 Å². The van der Waals surface area contributed by atoms with Crippen molar-refractivity contribution in [2.24, 2.45) is 5.73 Å². The second-order valence-corrected chi connectivity index (χ2v) is 4.48. The van der Waals surface area contributed by atoms with Gasteiger partial charge in [-0.05, 0) is 26.3 Å². The Bertz CT molecular complexity index is 497. The van der Waals surface area contributed by atoms with Crippen LogP contribution in [0.15, 0.2) is 30.6 Å². The quantitative estimate of drug-likeness (QED) is 0.878. The zero-order valence-electron chi connectivity index (χ0n) is 10.6. The van der Waals surface area contributed by atoms with E-state index < -0.39 is 0 Å². The maximum absolute atomic E-state index is 5.90. The molecule has 2 aromatic rings. The maximum Gasteiger partial charge on any atom is 0.0957 e. The van der Waals surface area contributed by atoms with Crippen LogP contribution in [0.1, 0.15) is 28.6 Å².